The van der Waals surface area contributed by atoms with Gasteiger partial charge in [0.05, 0.1) is 11.0 Å². The van der Waals surface area contributed by atoms with Crippen molar-refractivity contribution in [2.24, 2.45) is 0 Å². The van der Waals surface area contributed by atoms with Gasteiger partial charge in [0.25, 0.3) is 0 Å². The van der Waals surface area contributed by atoms with Crippen LogP contribution in [0, 0.1) is 0 Å². The lowest BCUT2D eigenvalue weighted by molar-refractivity contribution is 1.07. The van der Waals surface area contributed by atoms with E-state index >= 15 is 0 Å². The highest BCUT2D eigenvalue weighted by Crippen LogP contribution is 2.49. The largest absolute Gasteiger partial charge is 0.309 e. The molecule has 0 amide bonds. The number of thiophene rings is 2. The van der Waals surface area contributed by atoms with Crippen LogP contribution in [0.15, 0.2) is 182 Å². The zero-order valence-corrected chi connectivity index (χ0v) is 32.1. The zero-order chi connectivity index (χ0) is 37.5. The first kappa shape index (κ1) is 32.3. The van der Waals surface area contributed by atoms with Gasteiger partial charge in [0.15, 0.2) is 17.5 Å². The molecule has 12 aromatic rings. The summed E-state index contributed by atoms with van der Waals surface area (Å²) in [6.07, 6.45) is 0. The topological polar surface area (TPSA) is 43.6 Å². The van der Waals surface area contributed by atoms with Gasteiger partial charge < -0.3 is 4.57 Å². The number of benzene rings is 8. The molecule has 0 spiro atoms. The Morgan fingerprint density at radius 2 is 0.895 bits per heavy atom. The Kier molecular flexibility index (Phi) is 7.24. The lowest BCUT2D eigenvalue weighted by Gasteiger charge is -2.15. The molecule has 266 valence electrons. The van der Waals surface area contributed by atoms with Gasteiger partial charge in [0, 0.05) is 79.1 Å². The van der Waals surface area contributed by atoms with E-state index in [9.17, 15) is 0 Å². The summed E-state index contributed by atoms with van der Waals surface area (Å²) in [4.78, 5) is 15.4. The van der Waals surface area contributed by atoms with Gasteiger partial charge in [-0.3, -0.25) is 0 Å². The number of rotatable bonds is 5. The molecule has 0 saturated heterocycles. The van der Waals surface area contributed by atoms with Crippen LogP contribution in [0.3, 0.4) is 0 Å². The van der Waals surface area contributed by atoms with Crippen molar-refractivity contribution < 1.29 is 0 Å². The molecule has 57 heavy (non-hydrogen) atoms. The fraction of sp³-hybridized carbons (Fsp3) is 0. The summed E-state index contributed by atoms with van der Waals surface area (Å²) in [6.45, 7) is 0. The van der Waals surface area contributed by atoms with Crippen LogP contribution in [0.5, 0.6) is 0 Å². The van der Waals surface area contributed by atoms with Gasteiger partial charge in [-0.15, -0.1) is 22.7 Å². The van der Waals surface area contributed by atoms with Gasteiger partial charge in [0.1, 0.15) is 0 Å². The van der Waals surface area contributed by atoms with E-state index in [0.717, 1.165) is 33.5 Å². The maximum atomic E-state index is 5.21. The Bertz CT molecular complexity index is 3410. The molecule has 0 bridgehead atoms. The van der Waals surface area contributed by atoms with Crippen LogP contribution in [0.2, 0.25) is 0 Å². The van der Waals surface area contributed by atoms with Crippen molar-refractivity contribution in [1.82, 2.24) is 19.5 Å². The molecule has 8 aromatic carbocycles. The Hall–Kier alpha value is -6.99. The fourth-order valence-corrected chi connectivity index (χ4v) is 11.1. The van der Waals surface area contributed by atoms with Crippen molar-refractivity contribution in [2.75, 3.05) is 0 Å². The average Bonchev–Trinajstić information content (AvgIpc) is 3.96. The smallest absolute Gasteiger partial charge is 0.164 e. The standard InChI is InChI=1S/C51H30N4S2/c1-3-15-31(16-4-1)49-52-50(32-17-5-2-6-18-32)54-51(53-49)39-23-8-7-19-34(39)40-29-33(55-42-24-12-9-20-35(42)36-21-10-13-25-43(36)55)30-41-46-45(57-47(40)41)28-27-38-37-22-11-14-26-44(37)56-48(38)46/h1-30H. The van der Waals surface area contributed by atoms with Gasteiger partial charge in [-0.25, -0.2) is 15.0 Å². The van der Waals surface area contributed by atoms with Crippen molar-refractivity contribution in [3.8, 4) is 51.0 Å². The predicted molar refractivity (Wildman–Crippen MR) is 242 cm³/mol. The van der Waals surface area contributed by atoms with E-state index in [1.54, 1.807) is 0 Å². The van der Waals surface area contributed by atoms with E-state index in [4.69, 9.17) is 15.0 Å². The van der Waals surface area contributed by atoms with Crippen molar-refractivity contribution in [3.05, 3.63) is 182 Å². The zero-order valence-electron chi connectivity index (χ0n) is 30.4. The molecule has 0 aliphatic heterocycles. The minimum atomic E-state index is 0.640. The van der Waals surface area contributed by atoms with Gasteiger partial charge in [0.2, 0.25) is 0 Å². The van der Waals surface area contributed by atoms with Crippen molar-refractivity contribution in [2.45, 2.75) is 0 Å². The second-order valence-electron chi connectivity index (χ2n) is 14.3. The maximum Gasteiger partial charge on any atom is 0.164 e. The summed E-state index contributed by atoms with van der Waals surface area (Å²) < 4.78 is 7.60. The Labute approximate surface area is 335 Å². The lowest BCUT2D eigenvalue weighted by Crippen LogP contribution is -2.01. The van der Waals surface area contributed by atoms with Crippen molar-refractivity contribution in [3.63, 3.8) is 0 Å². The average molecular weight is 763 g/mol. The summed E-state index contributed by atoms with van der Waals surface area (Å²) in [6, 6.07) is 64.7. The molecule has 0 fully saturated rings. The van der Waals surface area contributed by atoms with E-state index in [1.807, 2.05) is 59.1 Å². The summed E-state index contributed by atoms with van der Waals surface area (Å²) in [5, 5.41) is 7.66. The molecule has 4 heterocycles. The molecule has 0 aliphatic carbocycles. The molecule has 0 N–H and O–H groups in total. The van der Waals surface area contributed by atoms with Crippen LogP contribution in [0.25, 0.3) is 113 Å². The summed E-state index contributed by atoms with van der Waals surface area (Å²) >= 11 is 3.76. The number of para-hydroxylation sites is 2. The number of nitrogens with zero attached hydrogens (tertiary/aromatic N) is 4. The van der Waals surface area contributed by atoms with Crippen LogP contribution in [0.4, 0.5) is 0 Å². The van der Waals surface area contributed by atoms with Crippen LogP contribution >= 0.6 is 22.7 Å². The summed E-state index contributed by atoms with van der Waals surface area (Å²) in [5.41, 5.74) is 8.56. The third-order valence-corrected chi connectivity index (χ3v) is 13.5. The Balaban J connectivity index is 1.19. The van der Waals surface area contributed by atoms with E-state index in [0.29, 0.717) is 17.5 Å². The van der Waals surface area contributed by atoms with Gasteiger partial charge in [-0.2, -0.15) is 0 Å². The monoisotopic (exact) mass is 762 g/mol. The first-order chi connectivity index (χ1) is 28.3. The Morgan fingerprint density at radius 3 is 1.58 bits per heavy atom. The van der Waals surface area contributed by atoms with E-state index in [2.05, 4.69) is 150 Å². The second kappa shape index (κ2) is 12.8. The van der Waals surface area contributed by atoms with Crippen LogP contribution in [-0.4, -0.2) is 19.5 Å². The van der Waals surface area contributed by atoms with Crippen LogP contribution < -0.4 is 0 Å². The molecule has 0 aliphatic rings. The molecule has 6 heteroatoms. The molecular formula is C51H30N4S2. The minimum Gasteiger partial charge on any atom is -0.309 e. The second-order valence-corrected chi connectivity index (χ2v) is 16.4. The minimum absolute atomic E-state index is 0.640. The molecular weight excluding hydrogens is 733 g/mol. The highest BCUT2D eigenvalue weighted by Gasteiger charge is 2.22. The van der Waals surface area contributed by atoms with Crippen molar-refractivity contribution in [1.29, 1.82) is 0 Å². The van der Waals surface area contributed by atoms with E-state index in [1.165, 1.54) is 62.2 Å². The van der Waals surface area contributed by atoms with Crippen LogP contribution in [-0.2, 0) is 0 Å². The Morgan fingerprint density at radius 1 is 0.351 bits per heavy atom. The molecule has 0 atom stereocenters. The molecule has 0 radical (unpaired) electrons. The molecule has 12 rings (SSSR count). The highest BCUT2D eigenvalue weighted by molar-refractivity contribution is 7.30. The third-order valence-electron chi connectivity index (χ3n) is 11.1. The SMILES string of the molecule is c1ccc(-c2nc(-c3ccccc3)nc(-c3ccccc3-c3cc(-n4c5ccccc5c5ccccc54)cc4c3sc3ccc5c6ccccc6sc5c34)n2)cc1. The fourth-order valence-electron chi connectivity index (χ4n) is 8.50. The van der Waals surface area contributed by atoms with Gasteiger partial charge in [-0.05, 0) is 42.0 Å². The predicted octanol–water partition coefficient (Wildman–Crippen LogP) is 14.4. The van der Waals surface area contributed by atoms with E-state index in [-0.39, 0.29) is 0 Å². The number of fused-ring (bicyclic) bond motifs is 10. The third kappa shape index (κ3) is 5.08. The molecule has 0 saturated carbocycles. The maximum absolute atomic E-state index is 5.21. The first-order valence-corrected chi connectivity index (χ1v) is 20.7. The summed E-state index contributed by atoms with van der Waals surface area (Å²) in [7, 11) is 0. The van der Waals surface area contributed by atoms with Crippen LogP contribution in [0.1, 0.15) is 0 Å². The number of hydrogen-bond acceptors (Lipinski definition) is 5. The van der Waals surface area contributed by atoms with Crippen molar-refractivity contribution >= 4 is 84.8 Å². The highest BCUT2D eigenvalue weighted by atomic mass is 32.1. The molecule has 0 unspecified atom stereocenters. The lowest BCUT2D eigenvalue weighted by atomic mass is 9.96. The van der Waals surface area contributed by atoms with Gasteiger partial charge in [-0.1, -0.05) is 146 Å². The summed E-state index contributed by atoms with van der Waals surface area (Å²) in [5.74, 6) is 1.93. The number of hydrogen-bond donors (Lipinski definition) is 0. The van der Waals surface area contributed by atoms with E-state index < -0.39 is 0 Å². The number of aromatic nitrogens is 4. The molecule has 4 aromatic heterocycles. The normalized spacial score (nSPS) is 11.9. The first-order valence-electron chi connectivity index (χ1n) is 19.0. The quantitative estimate of drug-likeness (QED) is 0.175. The molecule has 4 nitrogen and oxygen atoms in total. The van der Waals surface area contributed by atoms with Gasteiger partial charge >= 0.3 is 0 Å².